The van der Waals surface area contributed by atoms with Crippen LogP contribution in [0.2, 0.25) is 0 Å². The number of rotatable bonds is 3. The smallest absolute Gasteiger partial charge is 0.295 e. The summed E-state index contributed by atoms with van der Waals surface area (Å²) in [4.78, 5) is 20.3. The Labute approximate surface area is 100 Å². The predicted octanol–water partition coefficient (Wildman–Crippen LogP) is -0.0333. The second-order valence-corrected chi connectivity index (χ2v) is 4.20. The van der Waals surface area contributed by atoms with E-state index in [1.807, 2.05) is 11.9 Å². The van der Waals surface area contributed by atoms with Crippen LogP contribution in [0.25, 0.3) is 0 Å². The maximum Gasteiger partial charge on any atom is 0.295 e. The van der Waals surface area contributed by atoms with Gasteiger partial charge >= 0.3 is 0 Å². The first-order chi connectivity index (χ1) is 8.24. The highest BCUT2D eigenvalue weighted by Gasteiger charge is 2.22. The van der Waals surface area contributed by atoms with Gasteiger partial charge in [0.1, 0.15) is 0 Å². The second-order valence-electron chi connectivity index (χ2n) is 4.20. The molecule has 0 spiro atoms. The van der Waals surface area contributed by atoms with Gasteiger partial charge in [0, 0.05) is 19.6 Å². The summed E-state index contributed by atoms with van der Waals surface area (Å²) in [7, 11) is 3.44. The summed E-state index contributed by atoms with van der Waals surface area (Å²) in [6.07, 6.45) is 3.65. The molecule has 1 aromatic heterocycles. The number of aromatic amines is 1. The molecule has 1 atom stereocenters. The number of nitrogens with one attached hydrogen (secondary N) is 2. The van der Waals surface area contributed by atoms with Gasteiger partial charge in [-0.25, -0.2) is 4.98 Å². The Hall–Kier alpha value is -1.56. The number of piperidine rings is 1. The van der Waals surface area contributed by atoms with Crippen LogP contribution in [0.5, 0.6) is 5.75 Å². The molecule has 1 aliphatic rings. The minimum Gasteiger partial charge on any atom is -0.489 e. The van der Waals surface area contributed by atoms with Crippen LogP contribution in [0.4, 0.5) is 5.82 Å². The van der Waals surface area contributed by atoms with Gasteiger partial charge < -0.3 is 19.9 Å². The zero-order valence-electron chi connectivity index (χ0n) is 10.2. The normalized spacial score (nSPS) is 20.0. The molecule has 2 rings (SSSR count). The van der Waals surface area contributed by atoms with E-state index < -0.39 is 0 Å². The number of likely N-dealkylation sites (N-methyl/N-ethyl adjacent to an activating group) is 1. The van der Waals surface area contributed by atoms with Crippen LogP contribution in [0.3, 0.4) is 0 Å². The summed E-state index contributed by atoms with van der Waals surface area (Å²) in [5, 5.41) is 3.34. The molecule has 0 saturated carbocycles. The molecule has 1 fully saturated rings. The van der Waals surface area contributed by atoms with E-state index in [2.05, 4.69) is 15.3 Å². The first kappa shape index (κ1) is 11.9. The van der Waals surface area contributed by atoms with E-state index >= 15 is 0 Å². The van der Waals surface area contributed by atoms with Gasteiger partial charge in [-0.05, 0) is 19.4 Å². The van der Waals surface area contributed by atoms with Crippen LogP contribution in [0.15, 0.2) is 11.1 Å². The molecule has 2 N–H and O–H groups in total. The topological polar surface area (TPSA) is 70.2 Å². The van der Waals surface area contributed by atoms with Crippen LogP contribution in [-0.4, -0.2) is 43.3 Å². The third-order valence-corrected chi connectivity index (χ3v) is 3.15. The first-order valence-corrected chi connectivity index (χ1v) is 5.79. The van der Waals surface area contributed by atoms with Crippen molar-refractivity contribution in [3.63, 3.8) is 0 Å². The highest BCUT2D eigenvalue weighted by atomic mass is 16.5. The molecular weight excluding hydrogens is 220 g/mol. The van der Waals surface area contributed by atoms with E-state index in [1.54, 1.807) is 0 Å². The van der Waals surface area contributed by atoms with Crippen LogP contribution in [0.1, 0.15) is 12.8 Å². The quantitative estimate of drug-likeness (QED) is 0.773. The molecule has 0 radical (unpaired) electrons. The summed E-state index contributed by atoms with van der Waals surface area (Å²) in [6.45, 7) is 1.97. The minimum atomic E-state index is -0.242. The first-order valence-electron chi connectivity index (χ1n) is 5.79. The van der Waals surface area contributed by atoms with Crippen molar-refractivity contribution in [1.82, 2.24) is 15.3 Å². The van der Waals surface area contributed by atoms with Crippen molar-refractivity contribution >= 4 is 5.82 Å². The lowest BCUT2D eigenvalue weighted by Crippen LogP contribution is -2.45. The summed E-state index contributed by atoms with van der Waals surface area (Å²) < 4.78 is 5.12. The molecule has 1 unspecified atom stereocenters. The highest BCUT2D eigenvalue weighted by Crippen LogP contribution is 2.23. The molecule has 0 bridgehead atoms. The number of H-pyrrole nitrogens is 1. The second kappa shape index (κ2) is 5.18. The van der Waals surface area contributed by atoms with E-state index in [0.29, 0.717) is 11.9 Å². The van der Waals surface area contributed by atoms with Crippen molar-refractivity contribution in [3.8, 4) is 5.75 Å². The number of ether oxygens (including phenoxy) is 1. The molecule has 17 heavy (non-hydrogen) atoms. The fraction of sp³-hybridized carbons (Fsp3) is 0.636. The summed E-state index contributed by atoms with van der Waals surface area (Å²) in [6, 6.07) is 0.354. The van der Waals surface area contributed by atoms with Gasteiger partial charge in [-0.1, -0.05) is 0 Å². The van der Waals surface area contributed by atoms with E-state index in [4.69, 9.17) is 4.74 Å². The van der Waals surface area contributed by atoms with Crippen molar-refractivity contribution in [3.05, 3.63) is 16.7 Å². The van der Waals surface area contributed by atoms with Gasteiger partial charge in [0.05, 0.1) is 13.4 Å². The van der Waals surface area contributed by atoms with Gasteiger partial charge in [0.15, 0.2) is 5.82 Å². The minimum absolute atomic E-state index is 0.242. The van der Waals surface area contributed by atoms with Gasteiger partial charge in [0.25, 0.3) is 5.56 Å². The van der Waals surface area contributed by atoms with Crippen molar-refractivity contribution in [2.45, 2.75) is 18.9 Å². The standard InChI is InChI=1S/C11H18N4O2/c1-15(8-4-3-5-12-6-8)10-9(17-2)11(16)14-7-13-10/h7-8,12H,3-6H2,1-2H3,(H,13,14,16). The molecule has 1 aliphatic heterocycles. The molecule has 0 amide bonds. The van der Waals surface area contributed by atoms with Crippen LogP contribution < -0.4 is 20.5 Å². The predicted molar refractivity (Wildman–Crippen MR) is 65.7 cm³/mol. The average molecular weight is 238 g/mol. The van der Waals surface area contributed by atoms with Gasteiger partial charge in [0.2, 0.25) is 5.75 Å². The van der Waals surface area contributed by atoms with E-state index in [1.165, 1.54) is 13.4 Å². The van der Waals surface area contributed by atoms with E-state index in [0.717, 1.165) is 25.9 Å². The lowest BCUT2D eigenvalue weighted by atomic mass is 10.1. The molecule has 0 aliphatic carbocycles. The van der Waals surface area contributed by atoms with Crippen molar-refractivity contribution in [2.75, 3.05) is 32.1 Å². The molecule has 1 aromatic rings. The van der Waals surface area contributed by atoms with Gasteiger partial charge in [-0.15, -0.1) is 0 Å². The third-order valence-electron chi connectivity index (χ3n) is 3.15. The Bertz CT molecular complexity index is 426. The fourth-order valence-electron chi connectivity index (χ4n) is 2.15. The largest absolute Gasteiger partial charge is 0.489 e. The number of hydrogen-bond acceptors (Lipinski definition) is 5. The summed E-state index contributed by atoms with van der Waals surface area (Å²) in [5.41, 5.74) is -0.242. The zero-order valence-corrected chi connectivity index (χ0v) is 10.2. The summed E-state index contributed by atoms with van der Waals surface area (Å²) >= 11 is 0. The van der Waals surface area contributed by atoms with Crippen LogP contribution >= 0.6 is 0 Å². The van der Waals surface area contributed by atoms with E-state index in [-0.39, 0.29) is 11.3 Å². The molecule has 6 heteroatoms. The molecular formula is C11H18N4O2. The SMILES string of the molecule is COc1c(N(C)C2CCCNC2)nc[nH]c1=O. The van der Waals surface area contributed by atoms with E-state index in [9.17, 15) is 4.79 Å². The Morgan fingerprint density at radius 1 is 1.59 bits per heavy atom. The Morgan fingerprint density at radius 3 is 3.06 bits per heavy atom. The van der Waals surface area contributed by atoms with Gasteiger partial charge in [-0.2, -0.15) is 0 Å². The Balaban J connectivity index is 2.26. The number of hydrogen-bond donors (Lipinski definition) is 2. The number of nitrogens with zero attached hydrogens (tertiary/aromatic N) is 2. The maximum absolute atomic E-state index is 11.6. The van der Waals surface area contributed by atoms with Crippen molar-refractivity contribution < 1.29 is 4.74 Å². The number of methoxy groups -OCH3 is 1. The highest BCUT2D eigenvalue weighted by molar-refractivity contribution is 5.50. The Morgan fingerprint density at radius 2 is 2.41 bits per heavy atom. The fourth-order valence-corrected chi connectivity index (χ4v) is 2.15. The maximum atomic E-state index is 11.6. The molecule has 94 valence electrons. The molecule has 0 aromatic carbocycles. The lowest BCUT2D eigenvalue weighted by Gasteiger charge is -2.32. The zero-order chi connectivity index (χ0) is 12.3. The summed E-state index contributed by atoms with van der Waals surface area (Å²) in [5.74, 6) is 0.880. The third kappa shape index (κ3) is 2.41. The molecule has 6 nitrogen and oxygen atoms in total. The monoisotopic (exact) mass is 238 g/mol. The van der Waals surface area contributed by atoms with Crippen molar-refractivity contribution in [1.29, 1.82) is 0 Å². The van der Waals surface area contributed by atoms with Crippen LogP contribution in [0, 0.1) is 0 Å². The van der Waals surface area contributed by atoms with Gasteiger partial charge in [-0.3, -0.25) is 4.79 Å². The Kier molecular flexibility index (Phi) is 3.63. The average Bonchev–Trinajstić information content (AvgIpc) is 2.38. The molecule has 2 heterocycles. The molecule has 1 saturated heterocycles. The number of aromatic nitrogens is 2. The number of anilines is 1. The lowest BCUT2D eigenvalue weighted by molar-refractivity contribution is 0.397. The van der Waals surface area contributed by atoms with Crippen molar-refractivity contribution in [2.24, 2.45) is 0 Å². The van der Waals surface area contributed by atoms with Crippen LogP contribution in [-0.2, 0) is 0 Å².